The van der Waals surface area contributed by atoms with Gasteiger partial charge >= 0.3 is 0 Å². The van der Waals surface area contributed by atoms with Gasteiger partial charge in [-0.15, -0.1) is 10.2 Å². The number of carbonyl (C=O) groups is 2. The van der Waals surface area contributed by atoms with Crippen LogP contribution in [0, 0.1) is 0 Å². The van der Waals surface area contributed by atoms with Crippen LogP contribution in [0.15, 0.2) is 24.3 Å². The Morgan fingerprint density at radius 1 is 1.27 bits per heavy atom. The van der Waals surface area contributed by atoms with Crippen LogP contribution >= 0.6 is 22.9 Å². The van der Waals surface area contributed by atoms with Gasteiger partial charge in [0, 0.05) is 36.1 Å². The number of hydrogen-bond acceptors (Lipinski definition) is 6. The maximum atomic E-state index is 12.3. The van der Waals surface area contributed by atoms with Gasteiger partial charge in [0.05, 0.1) is 0 Å². The van der Waals surface area contributed by atoms with E-state index in [1.165, 1.54) is 37.3 Å². The summed E-state index contributed by atoms with van der Waals surface area (Å²) < 4.78 is 0. The zero-order valence-electron chi connectivity index (χ0n) is 17.2. The molecule has 9 heteroatoms. The van der Waals surface area contributed by atoms with Crippen molar-refractivity contribution < 1.29 is 9.59 Å². The first kappa shape index (κ1) is 22.7. The molecule has 0 aliphatic carbocycles. The zero-order valence-corrected chi connectivity index (χ0v) is 18.8. The van der Waals surface area contributed by atoms with E-state index in [1.54, 1.807) is 24.3 Å². The van der Waals surface area contributed by atoms with Crippen LogP contribution in [-0.4, -0.2) is 52.6 Å². The largest absolute Gasteiger partial charge is 0.356 e. The molecule has 7 nitrogen and oxygen atoms in total. The van der Waals surface area contributed by atoms with Crippen LogP contribution in [-0.2, 0) is 11.2 Å². The quantitative estimate of drug-likeness (QED) is 0.576. The van der Waals surface area contributed by atoms with E-state index in [0.29, 0.717) is 47.6 Å². The molecule has 1 aromatic carbocycles. The summed E-state index contributed by atoms with van der Waals surface area (Å²) in [5.41, 5.74) is 0.611. The molecule has 0 bridgehead atoms. The lowest BCUT2D eigenvalue weighted by Gasteiger charge is -2.23. The van der Waals surface area contributed by atoms with Crippen molar-refractivity contribution in [1.82, 2.24) is 20.4 Å². The Bertz CT molecular complexity index is 853. The van der Waals surface area contributed by atoms with Gasteiger partial charge in [-0.25, -0.2) is 0 Å². The topological polar surface area (TPSA) is 87.2 Å². The Labute approximate surface area is 186 Å². The summed E-state index contributed by atoms with van der Waals surface area (Å²) in [6.07, 6.45) is 5.30. The lowest BCUT2D eigenvalue weighted by Crippen LogP contribution is -2.34. The van der Waals surface area contributed by atoms with E-state index in [4.69, 9.17) is 11.6 Å². The zero-order chi connectivity index (χ0) is 21.3. The van der Waals surface area contributed by atoms with Crippen molar-refractivity contribution in [3.63, 3.8) is 0 Å². The Morgan fingerprint density at radius 3 is 2.83 bits per heavy atom. The van der Waals surface area contributed by atoms with Gasteiger partial charge in [0.1, 0.15) is 5.01 Å². The Balaban J connectivity index is 1.33. The number of anilines is 1. The summed E-state index contributed by atoms with van der Waals surface area (Å²) in [5.74, 6) is -0.252. The molecule has 2 aromatic rings. The first-order chi connectivity index (χ1) is 14.5. The predicted molar refractivity (Wildman–Crippen MR) is 120 cm³/mol. The SMILES string of the molecule is C[C@@H](CCNC(=O)CCCc1nnc(C(=O)Nc2cccc(Cl)c2)s1)N1CCCC1. The fourth-order valence-electron chi connectivity index (χ4n) is 3.47. The molecule has 2 heterocycles. The monoisotopic (exact) mass is 449 g/mol. The third kappa shape index (κ3) is 7.04. The van der Waals surface area contributed by atoms with Gasteiger partial charge in [-0.05, 0) is 63.9 Å². The van der Waals surface area contributed by atoms with E-state index in [2.05, 4.69) is 32.7 Å². The van der Waals surface area contributed by atoms with Gasteiger partial charge in [0.15, 0.2) is 0 Å². The number of carbonyl (C=O) groups excluding carboxylic acids is 2. The number of hydrogen-bond donors (Lipinski definition) is 2. The van der Waals surface area contributed by atoms with Gasteiger partial charge in [-0.1, -0.05) is 29.0 Å². The normalized spacial score (nSPS) is 15.1. The number of benzene rings is 1. The molecule has 1 aromatic heterocycles. The van der Waals surface area contributed by atoms with Gasteiger partial charge < -0.3 is 15.5 Å². The molecule has 1 atom stereocenters. The number of aromatic nitrogens is 2. The lowest BCUT2D eigenvalue weighted by atomic mass is 10.2. The predicted octanol–water partition coefficient (Wildman–Crippen LogP) is 3.76. The molecule has 0 saturated carbocycles. The Morgan fingerprint density at radius 2 is 2.07 bits per heavy atom. The summed E-state index contributed by atoms with van der Waals surface area (Å²) >= 11 is 7.17. The molecule has 1 saturated heterocycles. The van der Waals surface area contributed by atoms with Crippen LogP contribution in [0.5, 0.6) is 0 Å². The van der Waals surface area contributed by atoms with Crippen molar-refractivity contribution in [1.29, 1.82) is 0 Å². The Hall–Kier alpha value is -2.03. The van der Waals surface area contributed by atoms with Crippen LogP contribution in [0.1, 0.15) is 53.8 Å². The van der Waals surface area contributed by atoms with Crippen LogP contribution in [0.3, 0.4) is 0 Å². The van der Waals surface area contributed by atoms with Gasteiger partial charge in [-0.2, -0.15) is 0 Å². The van der Waals surface area contributed by atoms with Gasteiger partial charge in [0.2, 0.25) is 10.9 Å². The summed E-state index contributed by atoms with van der Waals surface area (Å²) in [5, 5.41) is 15.4. The summed E-state index contributed by atoms with van der Waals surface area (Å²) in [4.78, 5) is 26.8. The van der Waals surface area contributed by atoms with E-state index in [-0.39, 0.29) is 11.8 Å². The summed E-state index contributed by atoms with van der Waals surface area (Å²) in [6, 6.07) is 7.46. The van der Waals surface area contributed by atoms with E-state index >= 15 is 0 Å². The number of nitrogens with one attached hydrogen (secondary N) is 2. The third-order valence-electron chi connectivity index (χ3n) is 5.19. The fraction of sp³-hybridized carbons (Fsp3) is 0.524. The van der Waals surface area contributed by atoms with Gasteiger partial charge in [0.25, 0.3) is 5.91 Å². The van der Waals surface area contributed by atoms with Crippen molar-refractivity contribution in [3.05, 3.63) is 39.3 Å². The second-order valence-corrected chi connectivity index (χ2v) is 9.05. The van der Waals surface area contributed by atoms with E-state index in [0.717, 1.165) is 11.4 Å². The number of likely N-dealkylation sites (tertiary alicyclic amines) is 1. The van der Waals surface area contributed by atoms with Crippen LogP contribution in [0.2, 0.25) is 5.02 Å². The molecule has 0 radical (unpaired) electrons. The highest BCUT2D eigenvalue weighted by Crippen LogP contribution is 2.18. The fourth-order valence-corrected chi connectivity index (χ4v) is 4.44. The highest BCUT2D eigenvalue weighted by Gasteiger charge is 2.18. The molecule has 2 N–H and O–H groups in total. The molecule has 0 spiro atoms. The average molecular weight is 450 g/mol. The highest BCUT2D eigenvalue weighted by molar-refractivity contribution is 7.13. The second-order valence-electron chi connectivity index (χ2n) is 7.55. The molecule has 3 rings (SSSR count). The van der Waals surface area contributed by atoms with Crippen LogP contribution in [0.4, 0.5) is 5.69 Å². The minimum Gasteiger partial charge on any atom is -0.356 e. The first-order valence-electron chi connectivity index (χ1n) is 10.4. The van der Waals surface area contributed by atoms with Crippen molar-refractivity contribution in [2.75, 3.05) is 25.0 Å². The van der Waals surface area contributed by atoms with Crippen molar-refractivity contribution in [3.8, 4) is 0 Å². The van der Waals surface area contributed by atoms with Crippen molar-refractivity contribution in [2.45, 2.75) is 51.5 Å². The number of nitrogens with zero attached hydrogens (tertiary/aromatic N) is 3. The molecular formula is C21H28ClN5O2S. The smallest absolute Gasteiger partial charge is 0.286 e. The molecule has 1 fully saturated rings. The third-order valence-corrected chi connectivity index (χ3v) is 6.40. The molecule has 30 heavy (non-hydrogen) atoms. The molecule has 2 amide bonds. The second kappa shape index (κ2) is 11.4. The molecule has 162 valence electrons. The van der Waals surface area contributed by atoms with Crippen molar-refractivity contribution >= 4 is 40.4 Å². The molecular weight excluding hydrogens is 422 g/mol. The molecule has 1 aliphatic heterocycles. The minimum atomic E-state index is -0.314. The Kier molecular flexibility index (Phi) is 8.60. The molecule has 0 unspecified atom stereocenters. The standard InChI is InChI=1S/C21H28ClN5O2S/c1-15(27-12-2-3-13-27)10-11-23-18(28)8-5-9-19-25-26-21(30-19)20(29)24-17-7-4-6-16(22)14-17/h4,6-7,14-15H,2-3,5,8-13H2,1H3,(H,23,28)(H,24,29)/t15-/m0/s1. The number of aryl methyl sites for hydroxylation is 1. The maximum Gasteiger partial charge on any atom is 0.286 e. The van der Waals surface area contributed by atoms with Crippen LogP contribution < -0.4 is 10.6 Å². The lowest BCUT2D eigenvalue weighted by molar-refractivity contribution is -0.121. The maximum absolute atomic E-state index is 12.3. The van der Waals surface area contributed by atoms with Crippen molar-refractivity contribution in [2.24, 2.45) is 0 Å². The molecule has 1 aliphatic rings. The highest BCUT2D eigenvalue weighted by atomic mass is 35.5. The van der Waals surface area contributed by atoms with Crippen LogP contribution in [0.25, 0.3) is 0 Å². The summed E-state index contributed by atoms with van der Waals surface area (Å²) in [7, 11) is 0. The first-order valence-corrected chi connectivity index (χ1v) is 11.6. The number of rotatable bonds is 10. The van der Waals surface area contributed by atoms with E-state index in [1.807, 2.05) is 0 Å². The summed E-state index contributed by atoms with van der Waals surface area (Å²) in [6.45, 7) is 5.29. The number of amides is 2. The van der Waals surface area contributed by atoms with E-state index in [9.17, 15) is 9.59 Å². The van der Waals surface area contributed by atoms with E-state index < -0.39 is 0 Å². The minimum absolute atomic E-state index is 0.0621. The van der Waals surface area contributed by atoms with Gasteiger partial charge in [-0.3, -0.25) is 9.59 Å². The average Bonchev–Trinajstić information content (AvgIpc) is 3.40. The number of halogens is 1.